The maximum atomic E-state index is 13.6. The van der Waals surface area contributed by atoms with E-state index in [0.29, 0.717) is 0 Å². The third-order valence-corrected chi connectivity index (χ3v) is 7.16. The summed E-state index contributed by atoms with van der Waals surface area (Å²) in [5.41, 5.74) is 3.12. The minimum atomic E-state index is -0.332. The van der Waals surface area contributed by atoms with Gasteiger partial charge in [-0.25, -0.2) is 0 Å². The maximum absolute atomic E-state index is 13.6. The number of ether oxygens (including phenoxy) is 2. The molecule has 2 aromatic rings. The smallest absolute Gasteiger partial charge is 0.231 e. The molecule has 5 nitrogen and oxygen atoms in total. The van der Waals surface area contributed by atoms with Crippen LogP contribution in [0, 0.1) is 5.41 Å². The molecule has 2 fully saturated rings. The molecule has 5 rings (SSSR count). The molecule has 1 amide bonds. The molecule has 0 radical (unpaired) electrons. The molecule has 0 aromatic heterocycles. The molecule has 3 aliphatic heterocycles. The van der Waals surface area contributed by atoms with E-state index in [9.17, 15) is 4.79 Å². The lowest BCUT2D eigenvalue weighted by Gasteiger charge is -2.49. The van der Waals surface area contributed by atoms with Crippen LogP contribution in [0.3, 0.4) is 0 Å². The molecule has 6 heteroatoms. The van der Waals surface area contributed by atoms with Crippen molar-refractivity contribution in [2.24, 2.45) is 5.41 Å². The summed E-state index contributed by atoms with van der Waals surface area (Å²) >= 11 is 0. The second kappa shape index (κ2) is 8.81. The molecule has 0 atom stereocenters. The fourth-order valence-electron chi connectivity index (χ4n) is 5.47. The van der Waals surface area contributed by atoms with Crippen molar-refractivity contribution in [1.29, 1.82) is 0 Å². The molecule has 3 heterocycles. The van der Waals surface area contributed by atoms with Crippen molar-refractivity contribution in [1.82, 2.24) is 10.2 Å². The molecule has 1 spiro atoms. The van der Waals surface area contributed by atoms with Gasteiger partial charge in [0.2, 0.25) is 5.91 Å². The zero-order valence-electron chi connectivity index (χ0n) is 18.1. The zero-order valence-corrected chi connectivity index (χ0v) is 18.9. The van der Waals surface area contributed by atoms with Crippen molar-refractivity contribution in [3.8, 4) is 5.75 Å². The zero-order chi connectivity index (χ0) is 20.6. The quantitative estimate of drug-likeness (QED) is 0.789. The van der Waals surface area contributed by atoms with Gasteiger partial charge in [-0.05, 0) is 42.9 Å². The minimum Gasteiger partial charge on any atom is -0.496 e. The van der Waals surface area contributed by atoms with E-state index in [0.717, 1.165) is 64.2 Å². The number of halogens is 1. The summed E-state index contributed by atoms with van der Waals surface area (Å²) in [5.74, 6) is 1.20. The van der Waals surface area contributed by atoms with Gasteiger partial charge in [-0.3, -0.25) is 4.79 Å². The third-order valence-electron chi connectivity index (χ3n) is 7.16. The largest absolute Gasteiger partial charge is 0.496 e. The van der Waals surface area contributed by atoms with E-state index in [2.05, 4.69) is 46.6 Å². The minimum absolute atomic E-state index is 0. The lowest BCUT2D eigenvalue weighted by Crippen LogP contribution is -2.64. The van der Waals surface area contributed by atoms with Crippen molar-refractivity contribution in [2.75, 3.05) is 39.9 Å². The van der Waals surface area contributed by atoms with E-state index < -0.39 is 0 Å². The summed E-state index contributed by atoms with van der Waals surface area (Å²) in [6.07, 6.45) is 3.36. The number of amides is 1. The number of rotatable bonds is 4. The number of carbonyl (C=O) groups excluding carboxylic acids is 1. The predicted molar refractivity (Wildman–Crippen MR) is 123 cm³/mol. The van der Waals surface area contributed by atoms with Crippen LogP contribution in [-0.4, -0.2) is 50.7 Å². The maximum Gasteiger partial charge on any atom is 0.231 e. The van der Waals surface area contributed by atoms with Crippen LogP contribution >= 0.6 is 12.4 Å². The Labute approximate surface area is 190 Å². The van der Waals surface area contributed by atoms with Crippen LogP contribution in [0.25, 0.3) is 0 Å². The molecule has 0 unspecified atom stereocenters. The fourth-order valence-corrected chi connectivity index (χ4v) is 5.47. The highest BCUT2D eigenvalue weighted by molar-refractivity contribution is 5.85. The topological polar surface area (TPSA) is 50.8 Å². The number of hydrogen-bond donors (Lipinski definition) is 1. The normalized spacial score (nSPS) is 20.9. The van der Waals surface area contributed by atoms with Crippen LogP contribution < -0.4 is 10.1 Å². The first kappa shape index (κ1) is 22.1. The Balaban J connectivity index is 0.00000231. The summed E-state index contributed by atoms with van der Waals surface area (Å²) in [7, 11) is 1.73. The van der Waals surface area contributed by atoms with E-state index in [4.69, 9.17) is 9.47 Å². The summed E-state index contributed by atoms with van der Waals surface area (Å²) in [5, 5.41) is 3.34. The number of carbonyl (C=O) groups is 1. The summed E-state index contributed by atoms with van der Waals surface area (Å²) in [4.78, 5) is 15.6. The number of hydrogen-bond acceptors (Lipinski definition) is 4. The monoisotopic (exact) mass is 442 g/mol. The number of benzene rings is 2. The predicted octanol–water partition coefficient (Wildman–Crippen LogP) is 3.34. The first-order valence-corrected chi connectivity index (χ1v) is 11.0. The average Bonchev–Trinajstić information content (AvgIpc) is 2.77. The summed E-state index contributed by atoms with van der Waals surface area (Å²) in [6, 6.07) is 16.7. The molecule has 0 saturated carbocycles. The molecule has 3 aliphatic rings. The van der Waals surface area contributed by atoms with Crippen molar-refractivity contribution >= 4 is 18.3 Å². The van der Waals surface area contributed by atoms with Gasteiger partial charge < -0.3 is 19.7 Å². The Morgan fingerprint density at radius 3 is 2.48 bits per heavy atom. The van der Waals surface area contributed by atoms with Gasteiger partial charge in [-0.1, -0.05) is 42.5 Å². The number of nitrogens with zero attached hydrogens (tertiary/aromatic N) is 1. The highest BCUT2D eigenvalue weighted by Crippen LogP contribution is 2.46. The van der Waals surface area contributed by atoms with Crippen molar-refractivity contribution in [3.05, 3.63) is 65.2 Å². The van der Waals surface area contributed by atoms with Gasteiger partial charge in [0, 0.05) is 31.7 Å². The molecule has 31 heavy (non-hydrogen) atoms. The Bertz CT molecular complexity index is 907. The second-order valence-electron chi connectivity index (χ2n) is 8.93. The Morgan fingerprint density at radius 2 is 1.84 bits per heavy atom. The van der Waals surface area contributed by atoms with Gasteiger partial charge in [0.25, 0.3) is 0 Å². The molecule has 0 bridgehead atoms. The van der Waals surface area contributed by atoms with Crippen LogP contribution in [0.1, 0.15) is 29.5 Å². The van der Waals surface area contributed by atoms with Gasteiger partial charge >= 0.3 is 0 Å². The highest BCUT2D eigenvalue weighted by Gasteiger charge is 2.49. The van der Waals surface area contributed by atoms with Crippen LogP contribution in [-0.2, 0) is 28.0 Å². The standard InChI is InChI=1S/C25H30N2O3.ClH/c1-29-21-9-5-8-20-10-15-30-25(22(20)21)11-13-27(14-12-25)23(28)24(17-26-18-24)16-19-6-3-2-4-7-19;/h2-9,26H,10-18H2,1H3;1H. The first-order chi connectivity index (χ1) is 14.7. The number of likely N-dealkylation sites (tertiary alicyclic amines) is 1. The van der Waals surface area contributed by atoms with E-state index in [1.54, 1.807) is 7.11 Å². The van der Waals surface area contributed by atoms with Crippen LogP contribution in [0.4, 0.5) is 0 Å². The number of piperidine rings is 1. The highest BCUT2D eigenvalue weighted by atomic mass is 35.5. The molecule has 2 aromatic carbocycles. The van der Waals surface area contributed by atoms with E-state index in [-0.39, 0.29) is 29.3 Å². The average molecular weight is 443 g/mol. The van der Waals surface area contributed by atoms with Crippen LogP contribution in [0.5, 0.6) is 5.75 Å². The van der Waals surface area contributed by atoms with Crippen molar-refractivity contribution in [2.45, 2.75) is 31.3 Å². The van der Waals surface area contributed by atoms with Gasteiger partial charge in [0.15, 0.2) is 0 Å². The Kier molecular flexibility index (Phi) is 6.29. The third kappa shape index (κ3) is 3.84. The van der Waals surface area contributed by atoms with Crippen LogP contribution in [0.15, 0.2) is 48.5 Å². The molecular formula is C25H31ClN2O3. The SMILES string of the molecule is COc1cccc2c1C1(CCN(C(=O)C3(Cc4ccccc4)CNC3)CC1)OCC2.Cl. The first-order valence-electron chi connectivity index (χ1n) is 11.0. The number of nitrogens with one attached hydrogen (secondary N) is 1. The number of fused-ring (bicyclic) bond motifs is 2. The Morgan fingerprint density at radius 1 is 1.10 bits per heavy atom. The summed E-state index contributed by atoms with van der Waals surface area (Å²) < 4.78 is 12.1. The molecule has 166 valence electrons. The Hall–Kier alpha value is -2.08. The second-order valence-corrected chi connectivity index (χ2v) is 8.93. The number of methoxy groups -OCH3 is 1. The summed E-state index contributed by atoms with van der Waals surface area (Å²) in [6.45, 7) is 3.71. The van der Waals surface area contributed by atoms with E-state index in [1.807, 2.05) is 12.1 Å². The van der Waals surface area contributed by atoms with E-state index >= 15 is 0 Å². The van der Waals surface area contributed by atoms with Crippen molar-refractivity contribution in [3.63, 3.8) is 0 Å². The lowest BCUT2D eigenvalue weighted by atomic mass is 9.73. The van der Waals surface area contributed by atoms with Gasteiger partial charge in [-0.2, -0.15) is 0 Å². The van der Waals surface area contributed by atoms with Gasteiger partial charge in [0.1, 0.15) is 11.4 Å². The van der Waals surface area contributed by atoms with Crippen molar-refractivity contribution < 1.29 is 14.3 Å². The van der Waals surface area contributed by atoms with Gasteiger partial charge in [0.05, 0.1) is 19.1 Å². The fraction of sp³-hybridized carbons (Fsp3) is 0.480. The van der Waals surface area contributed by atoms with E-state index in [1.165, 1.54) is 16.7 Å². The lowest BCUT2D eigenvalue weighted by molar-refractivity contribution is -0.153. The molecule has 0 aliphatic carbocycles. The molecule has 1 N–H and O–H groups in total. The van der Waals surface area contributed by atoms with Crippen LogP contribution in [0.2, 0.25) is 0 Å². The molecular weight excluding hydrogens is 412 g/mol. The van der Waals surface area contributed by atoms with Gasteiger partial charge in [-0.15, -0.1) is 12.4 Å². The molecule has 2 saturated heterocycles.